The van der Waals surface area contributed by atoms with Crippen molar-refractivity contribution in [3.63, 3.8) is 0 Å². The van der Waals surface area contributed by atoms with E-state index in [2.05, 4.69) is 10.4 Å². The van der Waals surface area contributed by atoms with Gasteiger partial charge in [-0.05, 0) is 53.1 Å². The summed E-state index contributed by atoms with van der Waals surface area (Å²) in [5.74, 6) is -0.173. The van der Waals surface area contributed by atoms with E-state index in [9.17, 15) is 4.79 Å². The van der Waals surface area contributed by atoms with Crippen LogP contribution in [0.25, 0.3) is 0 Å². The van der Waals surface area contributed by atoms with Crippen LogP contribution in [0.1, 0.15) is 38.8 Å². The summed E-state index contributed by atoms with van der Waals surface area (Å²) in [7, 11) is 1.80. The maximum Gasteiger partial charge on any atom is 0.326 e. The molecule has 5 nitrogen and oxygen atoms in total. The second-order valence-electron chi connectivity index (χ2n) is 4.96. The molecule has 1 atom stereocenters. The fourth-order valence-corrected chi connectivity index (χ4v) is 1.99. The van der Waals surface area contributed by atoms with Crippen molar-refractivity contribution in [2.24, 2.45) is 0 Å². The monoisotopic (exact) mass is 267 g/mol. The molecule has 1 unspecified atom stereocenters. The van der Waals surface area contributed by atoms with Crippen LogP contribution >= 0.6 is 0 Å². The smallest absolute Gasteiger partial charge is 0.326 e. The Morgan fingerprint density at radius 2 is 2.26 bits per heavy atom. The Morgan fingerprint density at radius 3 is 2.79 bits per heavy atom. The molecule has 19 heavy (non-hydrogen) atoms. The summed E-state index contributed by atoms with van der Waals surface area (Å²) >= 11 is 0. The largest absolute Gasteiger partial charge is 0.465 e. The Morgan fingerprint density at radius 1 is 1.53 bits per heavy atom. The number of hydrogen-bond donors (Lipinski definition) is 1. The highest BCUT2D eigenvalue weighted by Crippen LogP contribution is 2.16. The van der Waals surface area contributed by atoms with Gasteiger partial charge in [-0.15, -0.1) is 0 Å². The van der Waals surface area contributed by atoms with Crippen molar-refractivity contribution in [2.75, 3.05) is 13.7 Å². The van der Waals surface area contributed by atoms with Gasteiger partial charge in [-0.1, -0.05) is 0 Å². The van der Waals surface area contributed by atoms with Gasteiger partial charge in [0.25, 0.3) is 0 Å². The van der Waals surface area contributed by atoms with Gasteiger partial charge in [-0.25, -0.2) is 0 Å². The van der Waals surface area contributed by atoms with E-state index in [-0.39, 0.29) is 5.97 Å². The molecular formula is C14H25N3O2. The Hall–Kier alpha value is -1.36. The lowest BCUT2D eigenvalue weighted by atomic mass is 9.95. The molecule has 0 aromatic carbocycles. The molecule has 0 aliphatic heterocycles. The highest BCUT2D eigenvalue weighted by molar-refractivity contribution is 5.80. The molecule has 1 N–H and O–H groups in total. The molecule has 1 aromatic heterocycles. The summed E-state index contributed by atoms with van der Waals surface area (Å²) in [5.41, 5.74) is 0.580. The molecule has 5 heteroatoms. The summed E-state index contributed by atoms with van der Waals surface area (Å²) < 4.78 is 7.09. The lowest BCUT2D eigenvalue weighted by molar-refractivity contribution is -0.150. The number of carbonyl (C=O) groups is 1. The predicted molar refractivity (Wildman–Crippen MR) is 74.9 cm³/mol. The number of rotatable bonds is 8. The summed E-state index contributed by atoms with van der Waals surface area (Å²) in [6.45, 7) is 7.08. The summed E-state index contributed by atoms with van der Waals surface area (Å²) in [5, 5.41) is 7.31. The highest BCUT2D eigenvalue weighted by atomic mass is 16.5. The minimum Gasteiger partial charge on any atom is -0.465 e. The van der Waals surface area contributed by atoms with Gasteiger partial charge < -0.3 is 10.1 Å². The lowest BCUT2D eigenvalue weighted by Gasteiger charge is -2.26. The topological polar surface area (TPSA) is 56.2 Å². The number of nitrogens with one attached hydrogen (secondary N) is 1. The number of likely N-dealkylation sites (N-methyl/N-ethyl adjacent to an activating group) is 1. The molecule has 0 saturated heterocycles. The molecule has 0 radical (unpaired) electrons. The Kier molecular flexibility index (Phi) is 6.02. The second kappa shape index (κ2) is 7.28. The van der Waals surface area contributed by atoms with Gasteiger partial charge in [0.05, 0.1) is 6.61 Å². The zero-order valence-electron chi connectivity index (χ0n) is 12.4. The average Bonchev–Trinajstić information content (AvgIpc) is 2.80. The molecule has 0 bridgehead atoms. The first kappa shape index (κ1) is 15.7. The predicted octanol–water partition coefficient (Wildman–Crippen LogP) is 1.90. The maximum atomic E-state index is 11.9. The fourth-order valence-electron chi connectivity index (χ4n) is 1.99. The minimum absolute atomic E-state index is 0.173. The molecule has 1 heterocycles. The zero-order valence-corrected chi connectivity index (χ0v) is 12.4. The first-order valence-electron chi connectivity index (χ1n) is 6.88. The normalized spacial score (nSPS) is 14.1. The van der Waals surface area contributed by atoms with E-state index in [1.165, 1.54) is 5.69 Å². The van der Waals surface area contributed by atoms with Gasteiger partial charge in [0.2, 0.25) is 0 Å². The Labute approximate surface area is 115 Å². The van der Waals surface area contributed by atoms with Gasteiger partial charge in [0.1, 0.15) is 5.54 Å². The number of ether oxygens (including phenoxy) is 1. The van der Waals surface area contributed by atoms with E-state index in [0.717, 1.165) is 25.8 Å². The number of aryl methyl sites for hydroxylation is 2. The van der Waals surface area contributed by atoms with E-state index in [4.69, 9.17) is 4.74 Å². The summed E-state index contributed by atoms with van der Waals surface area (Å²) in [6.07, 6.45) is 4.53. The number of nitrogens with zero attached hydrogens (tertiary/aromatic N) is 2. The van der Waals surface area contributed by atoms with Crippen molar-refractivity contribution in [3.05, 3.63) is 18.0 Å². The van der Waals surface area contributed by atoms with Gasteiger partial charge >= 0.3 is 5.97 Å². The summed E-state index contributed by atoms with van der Waals surface area (Å²) in [4.78, 5) is 11.9. The lowest BCUT2D eigenvalue weighted by Crippen LogP contribution is -2.48. The van der Waals surface area contributed by atoms with Crippen molar-refractivity contribution in [1.29, 1.82) is 0 Å². The van der Waals surface area contributed by atoms with Crippen LogP contribution < -0.4 is 5.32 Å². The van der Waals surface area contributed by atoms with Crippen LogP contribution in [0, 0.1) is 6.92 Å². The van der Waals surface area contributed by atoms with E-state index in [1.54, 1.807) is 7.05 Å². The van der Waals surface area contributed by atoms with Crippen LogP contribution in [0.15, 0.2) is 12.3 Å². The highest BCUT2D eigenvalue weighted by Gasteiger charge is 2.32. The van der Waals surface area contributed by atoms with Crippen molar-refractivity contribution < 1.29 is 9.53 Å². The molecule has 1 aromatic rings. The molecule has 0 spiro atoms. The minimum atomic E-state index is -0.588. The number of esters is 1. The molecule has 0 amide bonds. The first-order valence-corrected chi connectivity index (χ1v) is 6.88. The van der Waals surface area contributed by atoms with Crippen LogP contribution in [-0.4, -0.2) is 34.9 Å². The van der Waals surface area contributed by atoms with E-state index < -0.39 is 5.54 Å². The third-order valence-corrected chi connectivity index (χ3v) is 3.50. The van der Waals surface area contributed by atoms with Crippen molar-refractivity contribution in [3.8, 4) is 0 Å². The van der Waals surface area contributed by atoms with Crippen molar-refractivity contribution in [2.45, 2.75) is 52.1 Å². The third-order valence-electron chi connectivity index (χ3n) is 3.50. The van der Waals surface area contributed by atoms with Gasteiger partial charge in [0, 0.05) is 18.4 Å². The number of aromatic nitrogens is 2. The number of carbonyl (C=O) groups excluding carboxylic acids is 1. The van der Waals surface area contributed by atoms with Crippen LogP contribution in [-0.2, 0) is 16.1 Å². The molecular weight excluding hydrogens is 242 g/mol. The SMILES string of the molecule is CCOC(=O)C(C)(CCCCn1nccc1C)NC. The molecule has 108 valence electrons. The molecule has 1 rings (SSSR count). The number of unbranched alkanes of at least 4 members (excludes halogenated alkanes) is 1. The van der Waals surface area contributed by atoms with Crippen molar-refractivity contribution >= 4 is 5.97 Å². The second-order valence-corrected chi connectivity index (χ2v) is 4.96. The van der Waals surface area contributed by atoms with Crippen LogP contribution in [0.5, 0.6) is 0 Å². The number of hydrogen-bond acceptors (Lipinski definition) is 4. The van der Waals surface area contributed by atoms with Gasteiger partial charge in [0.15, 0.2) is 0 Å². The average molecular weight is 267 g/mol. The van der Waals surface area contributed by atoms with E-state index in [0.29, 0.717) is 6.61 Å². The zero-order chi connectivity index (χ0) is 14.3. The molecule has 0 fully saturated rings. The first-order chi connectivity index (χ1) is 9.03. The maximum absolute atomic E-state index is 11.9. The molecule has 0 aliphatic rings. The third kappa shape index (κ3) is 4.35. The molecule has 0 saturated carbocycles. The van der Waals surface area contributed by atoms with Crippen molar-refractivity contribution in [1.82, 2.24) is 15.1 Å². The fraction of sp³-hybridized carbons (Fsp3) is 0.714. The quantitative estimate of drug-likeness (QED) is 0.577. The standard InChI is InChI=1S/C14H25N3O2/c1-5-19-13(18)14(3,15-4)9-6-7-11-17-12(2)8-10-16-17/h8,10,15H,5-7,9,11H2,1-4H3. The van der Waals surface area contributed by atoms with Gasteiger partial charge in [-0.3, -0.25) is 9.48 Å². The van der Waals surface area contributed by atoms with Gasteiger partial charge in [-0.2, -0.15) is 5.10 Å². The van der Waals surface area contributed by atoms with Crippen LogP contribution in [0.4, 0.5) is 0 Å². The van der Waals surface area contributed by atoms with E-state index in [1.807, 2.05) is 37.7 Å². The van der Waals surface area contributed by atoms with E-state index >= 15 is 0 Å². The molecule has 0 aliphatic carbocycles. The van der Waals surface area contributed by atoms with Crippen LogP contribution in [0.2, 0.25) is 0 Å². The summed E-state index contributed by atoms with van der Waals surface area (Å²) in [6, 6.07) is 2.00. The Balaban J connectivity index is 2.37. The Bertz CT molecular complexity index is 403. The van der Waals surface area contributed by atoms with Crippen LogP contribution in [0.3, 0.4) is 0 Å².